The van der Waals surface area contributed by atoms with Crippen LogP contribution in [0.25, 0.3) is 0 Å². The number of carbonyl (C=O) groups excluding carboxylic acids is 2. The highest BCUT2D eigenvalue weighted by atomic mass is 16.2. The number of aryl methyl sites for hydroxylation is 2. The molecule has 3 aromatic rings. The second kappa shape index (κ2) is 10.1. The minimum absolute atomic E-state index is 0.0332. The zero-order chi connectivity index (χ0) is 20.5. The van der Waals surface area contributed by atoms with Gasteiger partial charge in [-0.05, 0) is 60.4 Å². The molecule has 5 nitrogen and oxygen atoms in total. The Morgan fingerprint density at radius 2 is 1.07 bits per heavy atom. The van der Waals surface area contributed by atoms with Crippen molar-refractivity contribution < 1.29 is 9.59 Å². The van der Waals surface area contributed by atoms with Crippen molar-refractivity contribution >= 4 is 28.9 Å². The van der Waals surface area contributed by atoms with Crippen molar-refractivity contribution in [2.75, 3.05) is 16.4 Å². The summed E-state index contributed by atoms with van der Waals surface area (Å²) in [6.45, 7) is 0. The molecule has 0 aromatic heterocycles. The molecule has 148 valence electrons. The van der Waals surface area contributed by atoms with Crippen LogP contribution in [0.15, 0.2) is 78.9 Å². The van der Waals surface area contributed by atoms with E-state index in [1.807, 2.05) is 54.6 Å². The Morgan fingerprint density at radius 3 is 1.55 bits per heavy atom. The third-order valence-electron chi connectivity index (χ3n) is 4.56. The molecule has 0 aliphatic rings. The Hall–Kier alpha value is -3.60. The summed E-state index contributed by atoms with van der Waals surface area (Å²) in [4.78, 5) is 24.2. The van der Waals surface area contributed by atoms with Crippen LogP contribution in [0.2, 0.25) is 0 Å². The summed E-state index contributed by atoms with van der Waals surface area (Å²) in [5.74, 6) is -0.0874. The number of carbonyl (C=O) groups is 2. The molecule has 0 aliphatic heterocycles. The molecular formula is C24H25N3O2. The van der Waals surface area contributed by atoms with Crippen LogP contribution in [0.1, 0.15) is 24.0 Å². The van der Waals surface area contributed by atoms with E-state index < -0.39 is 0 Å². The van der Waals surface area contributed by atoms with Crippen LogP contribution in [0.3, 0.4) is 0 Å². The number of anilines is 3. The van der Waals surface area contributed by atoms with Crippen molar-refractivity contribution in [2.45, 2.75) is 25.7 Å². The second-order valence-electron chi connectivity index (χ2n) is 6.90. The molecular weight excluding hydrogens is 362 g/mol. The van der Waals surface area contributed by atoms with Crippen LogP contribution in [-0.2, 0) is 22.4 Å². The number of benzene rings is 3. The molecule has 4 N–H and O–H groups in total. The number of hydrogen-bond acceptors (Lipinski definition) is 3. The van der Waals surface area contributed by atoms with E-state index in [1.54, 1.807) is 24.3 Å². The molecule has 0 saturated carbocycles. The van der Waals surface area contributed by atoms with E-state index in [0.29, 0.717) is 42.7 Å². The van der Waals surface area contributed by atoms with Crippen LogP contribution in [0.5, 0.6) is 0 Å². The van der Waals surface area contributed by atoms with Gasteiger partial charge < -0.3 is 16.4 Å². The highest BCUT2D eigenvalue weighted by Gasteiger charge is 2.06. The highest BCUT2D eigenvalue weighted by molar-refractivity contribution is 5.93. The minimum Gasteiger partial charge on any atom is -0.399 e. The summed E-state index contributed by atoms with van der Waals surface area (Å²) in [7, 11) is 0. The first kappa shape index (κ1) is 20.1. The lowest BCUT2D eigenvalue weighted by atomic mass is 10.1. The van der Waals surface area contributed by atoms with Crippen molar-refractivity contribution in [1.82, 2.24) is 0 Å². The summed E-state index contributed by atoms with van der Waals surface area (Å²) in [5.41, 5.74) is 10.0. The first-order valence-electron chi connectivity index (χ1n) is 9.66. The summed E-state index contributed by atoms with van der Waals surface area (Å²) in [5, 5.41) is 5.76. The van der Waals surface area contributed by atoms with Gasteiger partial charge >= 0.3 is 0 Å². The quantitative estimate of drug-likeness (QED) is 0.501. The van der Waals surface area contributed by atoms with E-state index in [2.05, 4.69) is 10.6 Å². The van der Waals surface area contributed by atoms with Crippen LogP contribution in [0.4, 0.5) is 17.1 Å². The molecule has 3 rings (SSSR count). The van der Waals surface area contributed by atoms with E-state index in [9.17, 15) is 9.59 Å². The molecule has 2 amide bonds. The molecule has 0 radical (unpaired) electrons. The van der Waals surface area contributed by atoms with Gasteiger partial charge in [-0.15, -0.1) is 0 Å². The van der Waals surface area contributed by atoms with Crippen LogP contribution >= 0.6 is 0 Å². The second-order valence-corrected chi connectivity index (χ2v) is 6.90. The van der Waals surface area contributed by atoms with E-state index in [4.69, 9.17) is 5.73 Å². The van der Waals surface area contributed by atoms with Gasteiger partial charge in [0.15, 0.2) is 0 Å². The monoisotopic (exact) mass is 387 g/mol. The molecule has 0 atom stereocenters. The third-order valence-corrected chi connectivity index (χ3v) is 4.56. The summed E-state index contributed by atoms with van der Waals surface area (Å²) in [6.07, 6.45) is 2.17. The zero-order valence-corrected chi connectivity index (χ0v) is 16.2. The van der Waals surface area contributed by atoms with Crippen LogP contribution in [0, 0.1) is 0 Å². The fourth-order valence-corrected chi connectivity index (χ4v) is 2.93. The Morgan fingerprint density at radius 1 is 0.621 bits per heavy atom. The molecule has 0 unspecified atom stereocenters. The molecule has 0 bridgehead atoms. The van der Waals surface area contributed by atoms with Gasteiger partial charge in [0.1, 0.15) is 0 Å². The Balaban J connectivity index is 1.42. The van der Waals surface area contributed by atoms with Gasteiger partial charge in [-0.2, -0.15) is 0 Å². The molecule has 0 fully saturated rings. The van der Waals surface area contributed by atoms with Crippen molar-refractivity contribution in [3.63, 3.8) is 0 Å². The van der Waals surface area contributed by atoms with Crippen molar-refractivity contribution in [2.24, 2.45) is 0 Å². The van der Waals surface area contributed by atoms with Gasteiger partial charge in [0.2, 0.25) is 11.8 Å². The third kappa shape index (κ3) is 6.81. The maximum atomic E-state index is 12.1. The number of amides is 2. The molecule has 5 heteroatoms. The normalized spacial score (nSPS) is 10.3. The summed E-state index contributed by atoms with van der Waals surface area (Å²) >= 11 is 0. The SMILES string of the molecule is Nc1ccc(CCC(=O)Nc2ccc(NC(=O)CCc3ccccc3)cc2)cc1. The van der Waals surface area contributed by atoms with Crippen molar-refractivity contribution in [1.29, 1.82) is 0 Å². The fourth-order valence-electron chi connectivity index (χ4n) is 2.93. The topological polar surface area (TPSA) is 84.2 Å². The van der Waals surface area contributed by atoms with Crippen molar-refractivity contribution in [3.05, 3.63) is 90.0 Å². The zero-order valence-electron chi connectivity index (χ0n) is 16.2. The van der Waals surface area contributed by atoms with Gasteiger partial charge in [0.05, 0.1) is 0 Å². The Bertz CT molecular complexity index is 936. The van der Waals surface area contributed by atoms with Gasteiger partial charge in [0.25, 0.3) is 0 Å². The number of nitrogens with one attached hydrogen (secondary N) is 2. The van der Waals surface area contributed by atoms with E-state index in [1.165, 1.54) is 0 Å². The minimum atomic E-state index is -0.0542. The first-order valence-corrected chi connectivity index (χ1v) is 9.66. The standard InChI is InChI=1S/C24H25N3O2/c25-20-10-6-19(7-11-20)9-17-24(29)27-22-14-12-21(13-15-22)26-23(28)16-8-18-4-2-1-3-5-18/h1-7,10-15H,8-9,16-17,25H2,(H,26,28)(H,27,29). The number of rotatable bonds is 8. The number of nitrogen functional groups attached to an aromatic ring is 1. The molecule has 29 heavy (non-hydrogen) atoms. The number of hydrogen-bond donors (Lipinski definition) is 3. The van der Waals surface area contributed by atoms with Gasteiger partial charge in [-0.1, -0.05) is 42.5 Å². The Kier molecular flexibility index (Phi) is 7.00. The highest BCUT2D eigenvalue weighted by Crippen LogP contribution is 2.15. The fraction of sp³-hybridized carbons (Fsp3) is 0.167. The van der Waals surface area contributed by atoms with E-state index >= 15 is 0 Å². The lowest BCUT2D eigenvalue weighted by molar-refractivity contribution is -0.117. The molecule has 0 spiro atoms. The van der Waals surface area contributed by atoms with Crippen molar-refractivity contribution in [3.8, 4) is 0 Å². The predicted molar refractivity (Wildman–Crippen MR) is 118 cm³/mol. The first-order chi connectivity index (χ1) is 14.1. The maximum absolute atomic E-state index is 12.1. The van der Waals surface area contributed by atoms with Crippen LogP contribution in [-0.4, -0.2) is 11.8 Å². The van der Waals surface area contributed by atoms with Crippen LogP contribution < -0.4 is 16.4 Å². The maximum Gasteiger partial charge on any atom is 0.224 e. The summed E-state index contributed by atoms with van der Waals surface area (Å²) < 4.78 is 0. The summed E-state index contributed by atoms with van der Waals surface area (Å²) in [6, 6.07) is 24.6. The lowest BCUT2D eigenvalue weighted by Gasteiger charge is -2.08. The largest absolute Gasteiger partial charge is 0.399 e. The predicted octanol–water partition coefficient (Wildman–Crippen LogP) is 4.41. The molecule has 3 aromatic carbocycles. The number of nitrogens with two attached hydrogens (primary N) is 1. The van der Waals surface area contributed by atoms with E-state index in [-0.39, 0.29) is 11.8 Å². The average molecular weight is 387 g/mol. The smallest absolute Gasteiger partial charge is 0.224 e. The van der Waals surface area contributed by atoms with Gasteiger partial charge in [0, 0.05) is 29.9 Å². The Labute approximate surface area is 170 Å². The van der Waals surface area contributed by atoms with E-state index in [0.717, 1.165) is 11.1 Å². The van der Waals surface area contributed by atoms with Gasteiger partial charge in [-0.25, -0.2) is 0 Å². The molecule has 0 heterocycles. The van der Waals surface area contributed by atoms with Gasteiger partial charge in [-0.3, -0.25) is 9.59 Å². The lowest BCUT2D eigenvalue weighted by Crippen LogP contribution is -2.13. The molecule has 0 saturated heterocycles. The average Bonchev–Trinajstić information content (AvgIpc) is 2.74. The molecule has 0 aliphatic carbocycles.